The van der Waals surface area contributed by atoms with Crippen molar-refractivity contribution in [3.8, 4) is 0 Å². The Morgan fingerprint density at radius 2 is 1.73 bits per heavy atom. The third-order valence-electron chi connectivity index (χ3n) is 4.22. The molecule has 0 aromatic heterocycles. The summed E-state index contributed by atoms with van der Waals surface area (Å²) >= 11 is 0. The van der Waals surface area contributed by atoms with E-state index in [0.29, 0.717) is 0 Å². The number of esters is 1. The molecule has 1 fully saturated rings. The lowest BCUT2D eigenvalue weighted by molar-refractivity contribution is -0.116. The number of carbonyl (C=O) groups excluding carboxylic acids is 3. The smallest absolute Gasteiger partial charge is 0.343 e. The summed E-state index contributed by atoms with van der Waals surface area (Å²) in [4.78, 5) is 49.5. The van der Waals surface area contributed by atoms with E-state index in [-0.39, 0.29) is 18.0 Å². The molecule has 8 nitrogen and oxygen atoms in total. The molecule has 0 bridgehead atoms. The van der Waals surface area contributed by atoms with E-state index in [1.54, 1.807) is 24.3 Å². The van der Waals surface area contributed by atoms with Crippen LogP contribution in [0, 0.1) is 4.91 Å². The molecule has 0 spiro atoms. The van der Waals surface area contributed by atoms with Gasteiger partial charge in [-0.3, -0.25) is 14.5 Å². The lowest BCUT2D eigenvalue weighted by atomic mass is 10.1. The zero-order valence-corrected chi connectivity index (χ0v) is 14.0. The fourth-order valence-electron chi connectivity index (χ4n) is 2.76. The molecule has 0 N–H and O–H groups in total. The molecular formula is C18H17N3O5. The second-order valence-corrected chi connectivity index (χ2v) is 5.92. The molecule has 0 radical (unpaired) electrons. The monoisotopic (exact) mass is 355 g/mol. The summed E-state index contributed by atoms with van der Waals surface area (Å²) in [5.74, 6) is -1.88. The predicted molar refractivity (Wildman–Crippen MR) is 93.5 cm³/mol. The predicted octanol–water partition coefficient (Wildman–Crippen LogP) is 1.28. The van der Waals surface area contributed by atoms with Crippen LogP contribution < -0.4 is 4.90 Å². The maximum atomic E-state index is 12.2. The van der Waals surface area contributed by atoms with Crippen molar-refractivity contribution in [2.24, 2.45) is 5.18 Å². The summed E-state index contributed by atoms with van der Waals surface area (Å²) in [6.45, 7) is 3.20. The highest BCUT2D eigenvalue weighted by Gasteiger charge is 2.20. The molecular weight excluding hydrogens is 338 g/mol. The van der Waals surface area contributed by atoms with Crippen LogP contribution in [0.25, 0.3) is 0 Å². The zero-order valence-electron chi connectivity index (χ0n) is 14.0. The third-order valence-corrected chi connectivity index (χ3v) is 4.22. The van der Waals surface area contributed by atoms with Crippen LogP contribution in [0.15, 0.2) is 53.4 Å². The second kappa shape index (κ2) is 7.83. The SMILES string of the molecule is O=NCN1CCN(c2ccc(C(=O)OC3=CC(=O)C=CC3=O)cc2)CC1. The Balaban J connectivity index is 1.61. The first kappa shape index (κ1) is 17.7. The molecule has 3 rings (SSSR count). The van der Waals surface area contributed by atoms with Gasteiger partial charge in [0.1, 0.15) is 6.67 Å². The Bertz CT molecular complexity index is 790. The molecule has 0 amide bonds. The van der Waals surface area contributed by atoms with Crippen molar-refractivity contribution in [2.45, 2.75) is 0 Å². The van der Waals surface area contributed by atoms with Gasteiger partial charge in [-0.2, -0.15) is 0 Å². The number of allylic oxidation sites excluding steroid dienone is 3. The number of piperazine rings is 1. The van der Waals surface area contributed by atoms with Crippen molar-refractivity contribution >= 4 is 23.2 Å². The molecule has 0 unspecified atom stereocenters. The minimum Gasteiger partial charge on any atom is -0.419 e. The first-order chi connectivity index (χ1) is 12.6. The van der Waals surface area contributed by atoms with Crippen LogP contribution in [0.3, 0.4) is 0 Å². The number of rotatable bonds is 5. The van der Waals surface area contributed by atoms with Gasteiger partial charge in [-0.05, 0) is 36.4 Å². The van der Waals surface area contributed by atoms with E-state index in [1.165, 1.54) is 0 Å². The number of ketones is 2. The standard InChI is InChI=1S/C18H17N3O5/c22-15-5-6-16(23)17(11-15)26-18(24)13-1-3-14(4-2-13)21-9-7-20(8-10-21)12-19-25/h1-6,11H,7-10,12H2. The summed E-state index contributed by atoms with van der Waals surface area (Å²) in [6, 6.07) is 6.82. The number of ether oxygens (including phenoxy) is 1. The van der Waals surface area contributed by atoms with Crippen molar-refractivity contribution in [1.82, 2.24) is 4.90 Å². The van der Waals surface area contributed by atoms with Crippen LogP contribution in [0.4, 0.5) is 5.69 Å². The van der Waals surface area contributed by atoms with E-state index < -0.39 is 17.5 Å². The van der Waals surface area contributed by atoms with Gasteiger partial charge in [0.2, 0.25) is 5.78 Å². The first-order valence-electron chi connectivity index (χ1n) is 8.13. The Morgan fingerprint density at radius 3 is 2.38 bits per heavy atom. The fourth-order valence-corrected chi connectivity index (χ4v) is 2.76. The van der Waals surface area contributed by atoms with Crippen LogP contribution in [0.2, 0.25) is 0 Å². The number of carbonyl (C=O) groups is 3. The minimum absolute atomic E-state index is 0.199. The van der Waals surface area contributed by atoms with Crippen molar-refractivity contribution < 1.29 is 19.1 Å². The summed E-state index contributed by atoms with van der Waals surface area (Å²) in [6.07, 6.45) is 3.20. The topological polar surface area (TPSA) is 96.3 Å². The van der Waals surface area contributed by atoms with Crippen LogP contribution >= 0.6 is 0 Å². The summed E-state index contributed by atoms with van der Waals surface area (Å²) < 4.78 is 5.03. The molecule has 1 aliphatic carbocycles. The van der Waals surface area contributed by atoms with Crippen LogP contribution in [-0.2, 0) is 14.3 Å². The van der Waals surface area contributed by atoms with Crippen molar-refractivity contribution in [3.63, 3.8) is 0 Å². The van der Waals surface area contributed by atoms with E-state index in [1.807, 2.05) is 4.90 Å². The average molecular weight is 355 g/mol. The summed E-state index contributed by atoms with van der Waals surface area (Å²) in [7, 11) is 0. The molecule has 0 saturated carbocycles. The first-order valence-corrected chi connectivity index (χ1v) is 8.13. The molecule has 26 heavy (non-hydrogen) atoms. The lowest BCUT2D eigenvalue weighted by Gasteiger charge is -2.34. The molecule has 2 aliphatic rings. The van der Waals surface area contributed by atoms with Gasteiger partial charge in [0.15, 0.2) is 11.5 Å². The Morgan fingerprint density at radius 1 is 1.04 bits per heavy atom. The molecule has 1 aliphatic heterocycles. The van der Waals surface area contributed by atoms with Crippen LogP contribution in [-0.4, -0.2) is 55.3 Å². The van der Waals surface area contributed by atoms with Gasteiger partial charge in [0.25, 0.3) is 0 Å². The van der Waals surface area contributed by atoms with E-state index in [2.05, 4.69) is 10.1 Å². The average Bonchev–Trinajstić information content (AvgIpc) is 2.66. The molecule has 1 aromatic rings. The molecule has 1 saturated heterocycles. The van der Waals surface area contributed by atoms with Gasteiger partial charge in [0, 0.05) is 37.9 Å². The number of hydrogen-bond acceptors (Lipinski definition) is 8. The van der Waals surface area contributed by atoms with E-state index >= 15 is 0 Å². The molecule has 1 aromatic carbocycles. The number of nitrogens with zero attached hydrogens (tertiary/aromatic N) is 3. The number of nitroso groups, excluding NO2 is 1. The normalized spacial score (nSPS) is 17.8. The van der Waals surface area contributed by atoms with Gasteiger partial charge in [-0.15, -0.1) is 4.91 Å². The fraction of sp³-hybridized carbons (Fsp3) is 0.278. The lowest BCUT2D eigenvalue weighted by Crippen LogP contribution is -2.46. The van der Waals surface area contributed by atoms with Gasteiger partial charge >= 0.3 is 5.97 Å². The number of benzene rings is 1. The van der Waals surface area contributed by atoms with Gasteiger partial charge in [-0.1, -0.05) is 5.18 Å². The Hall–Kier alpha value is -3.13. The van der Waals surface area contributed by atoms with Crippen molar-refractivity contribution in [1.29, 1.82) is 0 Å². The molecule has 0 atom stereocenters. The van der Waals surface area contributed by atoms with E-state index in [9.17, 15) is 19.3 Å². The Labute approximate surface area is 149 Å². The van der Waals surface area contributed by atoms with Crippen molar-refractivity contribution in [3.05, 3.63) is 58.7 Å². The molecule has 1 heterocycles. The maximum absolute atomic E-state index is 12.2. The maximum Gasteiger partial charge on any atom is 0.343 e. The van der Waals surface area contributed by atoms with Crippen molar-refractivity contribution in [2.75, 3.05) is 37.7 Å². The highest BCUT2D eigenvalue weighted by Crippen LogP contribution is 2.19. The zero-order chi connectivity index (χ0) is 18.5. The number of anilines is 1. The highest BCUT2D eigenvalue weighted by atomic mass is 16.5. The van der Waals surface area contributed by atoms with Crippen LogP contribution in [0.1, 0.15) is 10.4 Å². The molecule has 8 heteroatoms. The van der Waals surface area contributed by atoms with Gasteiger partial charge < -0.3 is 9.64 Å². The largest absolute Gasteiger partial charge is 0.419 e. The Kier molecular flexibility index (Phi) is 5.33. The third kappa shape index (κ3) is 4.09. The number of hydrogen-bond donors (Lipinski definition) is 0. The summed E-state index contributed by atoms with van der Waals surface area (Å²) in [5, 5.41) is 2.90. The van der Waals surface area contributed by atoms with Gasteiger partial charge in [0.05, 0.1) is 5.56 Å². The minimum atomic E-state index is -0.693. The van der Waals surface area contributed by atoms with E-state index in [4.69, 9.17) is 4.74 Å². The second-order valence-electron chi connectivity index (χ2n) is 5.92. The van der Waals surface area contributed by atoms with E-state index in [0.717, 1.165) is 50.1 Å². The van der Waals surface area contributed by atoms with Crippen LogP contribution in [0.5, 0.6) is 0 Å². The molecule has 134 valence electrons. The summed E-state index contributed by atoms with van der Waals surface area (Å²) in [5.41, 5.74) is 1.24. The highest BCUT2D eigenvalue weighted by molar-refractivity contribution is 6.17. The quantitative estimate of drug-likeness (QED) is 0.446. The van der Waals surface area contributed by atoms with Gasteiger partial charge in [-0.25, -0.2) is 4.79 Å².